The molecule has 4 heteroatoms. The molecule has 1 aromatic heterocycles. The van der Waals surface area contributed by atoms with E-state index >= 15 is 0 Å². The Morgan fingerprint density at radius 1 is 1.04 bits per heavy atom. The van der Waals surface area contributed by atoms with Gasteiger partial charge in [-0.05, 0) is 48.2 Å². The molecule has 0 bridgehead atoms. The molecule has 120 valence electrons. The first-order valence-corrected chi connectivity index (χ1v) is 7.71. The third-order valence-electron chi connectivity index (χ3n) is 3.70. The Morgan fingerprint density at radius 3 is 2.54 bits per heavy atom. The molecule has 0 saturated heterocycles. The normalized spacial score (nSPS) is 10.4. The van der Waals surface area contributed by atoms with Crippen LogP contribution in [0.5, 0.6) is 0 Å². The maximum atomic E-state index is 11.4. The molecule has 0 aliphatic heterocycles. The van der Waals surface area contributed by atoms with Crippen molar-refractivity contribution in [1.29, 1.82) is 0 Å². The summed E-state index contributed by atoms with van der Waals surface area (Å²) in [4.78, 5) is 15.6. The maximum absolute atomic E-state index is 11.4. The van der Waals surface area contributed by atoms with Crippen molar-refractivity contribution in [1.82, 2.24) is 4.98 Å². The van der Waals surface area contributed by atoms with Crippen molar-refractivity contribution in [2.24, 2.45) is 0 Å². The monoisotopic (exact) mass is 318 g/mol. The molecule has 0 saturated carbocycles. The van der Waals surface area contributed by atoms with Gasteiger partial charge in [0.2, 0.25) is 0 Å². The van der Waals surface area contributed by atoms with Crippen molar-refractivity contribution in [3.63, 3.8) is 0 Å². The molecule has 24 heavy (non-hydrogen) atoms. The number of nitrogens with zero attached hydrogens (tertiary/aromatic N) is 1. The SMILES string of the molecule is Cc1cnc(Nc2cccc(Cc3ccccc3)c2)c(C(=O)O)c1. The fourth-order valence-corrected chi connectivity index (χ4v) is 2.56. The Balaban J connectivity index is 1.84. The first-order chi connectivity index (χ1) is 11.6. The highest BCUT2D eigenvalue weighted by atomic mass is 16.4. The zero-order chi connectivity index (χ0) is 16.9. The van der Waals surface area contributed by atoms with E-state index in [9.17, 15) is 9.90 Å². The molecule has 0 atom stereocenters. The predicted octanol–water partition coefficient (Wildman–Crippen LogP) is 4.42. The van der Waals surface area contributed by atoms with Crippen LogP contribution in [0.1, 0.15) is 27.0 Å². The van der Waals surface area contributed by atoms with Crippen LogP contribution in [0.15, 0.2) is 66.9 Å². The second-order valence-electron chi connectivity index (χ2n) is 5.70. The smallest absolute Gasteiger partial charge is 0.339 e. The number of aryl methyl sites for hydroxylation is 1. The van der Waals surface area contributed by atoms with Crippen LogP contribution < -0.4 is 5.32 Å². The van der Waals surface area contributed by atoms with Crippen molar-refractivity contribution < 1.29 is 9.90 Å². The third kappa shape index (κ3) is 3.79. The van der Waals surface area contributed by atoms with Crippen LogP contribution in [0.25, 0.3) is 0 Å². The summed E-state index contributed by atoms with van der Waals surface area (Å²) < 4.78 is 0. The summed E-state index contributed by atoms with van der Waals surface area (Å²) in [6.07, 6.45) is 2.48. The molecule has 0 amide bonds. The molecular weight excluding hydrogens is 300 g/mol. The number of aromatic nitrogens is 1. The topological polar surface area (TPSA) is 62.2 Å². The number of carboxylic acid groups (broad SMARTS) is 1. The maximum Gasteiger partial charge on any atom is 0.339 e. The van der Waals surface area contributed by atoms with Crippen molar-refractivity contribution in [3.05, 3.63) is 89.1 Å². The van der Waals surface area contributed by atoms with Gasteiger partial charge in [0, 0.05) is 11.9 Å². The van der Waals surface area contributed by atoms with E-state index in [0.717, 1.165) is 23.2 Å². The second-order valence-corrected chi connectivity index (χ2v) is 5.70. The second kappa shape index (κ2) is 6.96. The number of aromatic carboxylic acids is 1. The molecule has 1 heterocycles. The van der Waals surface area contributed by atoms with Crippen LogP contribution >= 0.6 is 0 Å². The largest absolute Gasteiger partial charge is 0.478 e. The third-order valence-corrected chi connectivity index (χ3v) is 3.70. The van der Waals surface area contributed by atoms with Gasteiger partial charge < -0.3 is 10.4 Å². The molecule has 2 aromatic carbocycles. The summed E-state index contributed by atoms with van der Waals surface area (Å²) in [6, 6.07) is 19.8. The van der Waals surface area contributed by atoms with Gasteiger partial charge in [-0.1, -0.05) is 42.5 Å². The van der Waals surface area contributed by atoms with E-state index in [4.69, 9.17) is 0 Å². The zero-order valence-corrected chi connectivity index (χ0v) is 13.4. The zero-order valence-electron chi connectivity index (χ0n) is 13.4. The minimum Gasteiger partial charge on any atom is -0.478 e. The number of nitrogens with one attached hydrogen (secondary N) is 1. The van der Waals surface area contributed by atoms with Gasteiger partial charge in [-0.3, -0.25) is 0 Å². The molecular formula is C20H18N2O2. The summed E-state index contributed by atoms with van der Waals surface area (Å²) >= 11 is 0. The van der Waals surface area contributed by atoms with Gasteiger partial charge >= 0.3 is 5.97 Å². The highest BCUT2D eigenvalue weighted by Gasteiger charge is 2.12. The Hall–Kier alpha value is -3.14. The highest BCUT2D eigenvalue weighted by molar-refractivity contribution is 5.94. The van der Waals surface area contributed by atoms with Crippen molar-refractivity contribution in [2.75, 3.05) is 5.32 Å². The Labute approximate surface area is 140 Å². The lowest BCUT2D eigenvalue weighted by molar-refractivity contribution is 0.0697. The van der Waals surface area contributed by atoms with E-state index in [1.807, 2.05) is 43.3 Å². The summed E-state index contributed by atoms with van der Waals surface area (Å²) in [5.41, 5.74) is 4.19. The lowest BCUT2D eigenvalue weighted by Gasteiger charge is -2.11. The molecule has 0 radical (unpaired) electrons. The van der Waals surface area contributed by atoms with E-state index in [-0.39, 0.29) is 5.56 Å². The Bertz CT molecular complexity index is 861. The average Bonchev–Trinajstić information content (AvgIpc) is 2.57. The first kappa shape index (κ1) is 15.7. The molecule has 0 aliphatic carbocycles. The number of carbonyl (C=O) groups is 1. The van der Waals surface area contributed by atoms with Crippen LogP contribution in [-0.4, -0.2) is 16.1 Å². The highest BCUT2D eigenvalue weighted by Crippen LogP contribution is 2.21. The molecule has 3 aromatic rings. The van der Waals surface area contributed by atoms with Crippen LogP contribution in [0, 0.1) is 6.92 Å². The Kier molecular flexibility index (Phi) is 4.57. The van der Waals surface area contributed by atoms with Gasteiger partial charge in [-0.15, -0.1) is 0 Å². The minimum atomic E-state index is -0.992. The summed E-state index contributed by atoms with van der Waals surface area (Å²) in [5, 5.41) is 12.5. The standard InChI is InChI=1S/C20H18N2O2/c1-14-10-18(20(23)24)19(21-13-14)22-17-9-5-8-16(12-17)11-15-6-3-2-4-7-15/h2-10,12-13H,11H2,1H3,(H,21,22)(H,23,24). The van der Waals surface area contributed by atoms with E-state index in [0.29, 0.717) is 5.82 Å². The molecule has 0 fully saturated rings. The van der Waals surface area contributed by atoms with E-state index in [2.05, 4.69) is 28.5 Å². The lowest BCUT2D eigenvalue weighted by Crippen LogP contribution is -2.05. The molecule has 0 aliphatic rings. The van der Waals surface area contributed by atoms with Crippen molar-refractivity contribution >= 4 is 17.5 Å². The first-order valence-electron chi connectivity index (χ1n) is 7.71. The van der Waals surface area contributed by atoms with Crippen LogP contribution in [0.4, 0.5) is 11.5 Å². The summed E-state index contributed by atoms with van der Waals surface area (Å²) in [7, 11) is 0. The number of carboxylic acids is 1. The van der Waals surface area contributed by atoms with Crippen molar-refractivity contribution in [2.45, 2.75) is 13.3 Å². The molecule has 4 nitrogen and oxygen atoms in total. The number of pyridine rings is 1. The van der Waals surface area contributed by atoms with E-state index < -0.39 is 5.97 Å². The van der Waals surface area contributed by atoms with Crippen LogP contribution in [0.3, 0.4) is 0 Å². The number of hydrogen-bond donors (Lipinski definition) is 2. The molecule has 0 spiro atoms. The predicted molar refractivity (Wildman–Crippen MR) is 94.9 cm³/mol. The van der Waals surface area contributed by atoms with Gasteiger partial charge in [-0.2, -0.15) is 0 Å². The molecule has 3 rings (SSSR count). The quantitative estimate of drug-likeness (QED) is 0.731. The number of benzene rings is 2. The van der Waals surface area contributed by atoms with Gasteiger partial charge in [0.15, 0.2) is 0 Å². The minimum absolute atomic E-state index is 0.170. The van der Waals surface area contributed by atoms with Gasteiger partial charge in [0.25, 0.3) is 0 Å². The average molecular weight is 318 g/mol. The van der Waals surface area contributed by atoms with Crippen LogP contribution in [-0.2, 0) is 6.42 Å². The number of rotatable bonds is 5. The number of hydrogen-bond acceptors (Lipinski definition) is 3. The fourth-order valence-electron chi connectivity index (χ4n) is 2.56. The van der Waals surface area contributed by atoms with Gasteiger partial charge in [0.1, 0.15) is 11.4 Å². The van der Waals surface area contributed by atoms with Crippen molar-refractivity contribution in [3.8, 4) is 0 Å². The summed E-state index contributed by atoms with van der Waals surface area (Å²) in [5.74, 6) is -0.640. The van der Waals surface area contributed by atoms with E-state index in [1.165, 1.54) is 5.56 Å². The lowest BCUT2D eigenvalue weighted by atomic mass is 10.0. The van der Waals surface area contributed by atoms with Gasteiger partial charge in [-0.25, -0.2) is 9.78 Å². The number of anilines is 2. The van der Waals surface area contributed by atoms with Gasteiger partial charge in [0.05, 0.1) is 0 Å². The van der Waals surface area contributed by atoms with E-state index in [1.54, 1.807) is 12.3 Å². The summed E-state index contributed by atoms with van der Waals surface area (Å²) in [6.45, 7) is 1.82. The Morgan fingerprint density at radius 2 is 1.79 bits per heavy atom. The fraction of sp³-hybridized carbons (Fsp3) is 0.100. The molecule has 2 N–H and O–H groups in total. The molecule has 0 unspecified atom stereocenters. The van der Waals surface area contributed by atoms with Crippen LogP contribution in [0.2, 0.25) is 0 Å².